The van der Waals surface area contributed by atoms with Crippen molar-refractivity contribution < 1.29 is 9.90 Å². The predicted molar refractivity (Wildman–Crippen MR) is 63.3 cm³/mol. The van der Waals surface area contributed by atoms with Gasteiger partial charge < -0.3 is 5.11 Å². The summed E-state index contributed by atoms with van der Waals surface area (Å²) < 4.78 is 2.17. The van der Waals surface area contributed by atoms with Gasteiger partial charge in [-0.15, -0.1) is 0 Å². The first-order valence-corrected chi connectivity index (χ1v) is 5.57. The Morgan fingerprint density at radius 1 is 1.35 bits per heavy atom. The zero-order valence-electron chi connectivity index (χ0n) is 9.18. The number of aryl methyl sites for hydroxylation is 1. The van der Waals surface area contributed by atoms with Gasteiger partial charge in [0, 0.05) is 12.4 Å². The van der Waals surface area contributed by atoms with Crippen molar-refractivity contribution in [1.82, 2.24) is 19.7 Å². The molecule has 0 saturated carbocycles. The summed E-state index contributed by atoms with van der Waals surface area (Å²) in [5.74, 6) is -0.648. The highest BCUT2D eigenvalue weighted by atomic mass is 79.9. The maximum Gasteiger partial charge on any atom is 0.339 e. The summed E-state index contributed by atoms with van der Waals surface area (Å²) in [6, 6.07) is 0. The van der Waals surface area contributed by atoms with E-state index in [2.05, 4.69) is 31.0 Å². The van der Waals surface area contributed by atoms with E-state index in [1.807, 2.05) is 0 Å². The Morgan fingerprint density at radius 3 is 2.41 bits per heavy atom. The van der Waals surface area contributed by atoms with Crippen molar-refractivity contribution in [2.45, 2.75) is 13.8 Å². The molecule has 7 heteroatoms. The van der Waals surface area contributed by atoms with Crippen LogP contribution < -0.4 is 0 Å². The molecule has 6 nitrogen and oxygen atoms in total. The van der Waals surface area contributed by atoms with E-state index in [1.165, 1.54) is 4.68 Å². The van der Waals surface area contributed by atoms with Gasteiger partial charge in [-0.2, -0.15) is 5.10 Å². The lowest BCUT2D eigenvalue weighted by molar-refractivity contribution is 0.0695. The highest BCUT2D eigenvalue weighted by Gasteiger charge is 2.19. The molecule has 2 aromatic heterocycles. The summed E-state index contributed by atoms with van der Waals surface area (Å²) in [6.07, 6.45) is 3.17. The van der Waals surface area contributed by atoms with E-state index in [4.69, 9.17) is 5.11 Å². The Kier molecular flexibility index (Phi) is 2.93. The van der Waals surface area contributed by atoms with Crippen molar-refractivity contribution in [1.29, 1.82) is 0 Å². The number of aromatic carboxylic acids is 1. The summed E-state index contributed by atoms with van der Waals surface area (Å²) >= 11 is 3.23. The van der Waals surface area contributed by atoms with Gasteiger partial charge >= 0.3 is 5.97 Å². The van der Waals surface area contributed by atoms with Gasteiger partial charge in [0.25, 0.3) is 5.95 Å². The van der Waals surface area contributed by atoms with Crippen LogP contribution in [-0.4, -0.2) is 30.8 Å². The standard InChI is InChI=1S/C10H9BrN4O2/c1-5-8(9(16)17)6(2)15(14-5)10-12-3-7(11)4-13-10/h3-4H,1-2H3,(H,16,17). The molecule has 2 aromatic rings. The molecule has 0 radical (unpaired) electrons. The molecule has 1 N–H and O–H groups in total. The summed E-state index contributed by atoms with van der Waals surface area (Å²) in [5, 5.41) is 13.2. The minimum atomic E-state index is -0.997. The maximum absolute atomic E-state index is 11.0. The largest absolute Gasteiger partial charge is 0.478 e. The molecule has 0 aromatic carbocycles. The third-order valence-electron chi connectivity index (χ3n) is 2.30. The Morgan fingerprint density at radius 2 is 1.94 bits per heavy atom. The van der Waals surface area contributed by atoms with Crippen LogP contribution in [-0.2, 0) is 0 Å². The first-order valence-electron chi connectivity index (χ1n) is 4.78. The lowest BCUT2D eigenvalue weighted by atomic mass is 10.2. The molecule has 2 heterocycles. The first kappa shape index (κ1) is 11.7. The van der Waals surface area contributed by atoms with Crippen molar-refractivity contribution in [2.75, 3.05) is 0 Å². The van der Waals surface area contributed by atoms with Crippen molar-refractivity contribution in [3.63, 3.8) is 0 Å². The third kappa shape index (κ3) is 2.05. The average Bonchev–Trinajstić information content (AvgIpc) is 2.55. The van der Waals surface area contributed by atoms with Gasteiger partial charge in [-0.3, -0.25) is 0 Å². The second-order valence-corrected chi connectivity index (χ2v) is 4.38. The molecule has 0 atom stereocenters. The summed E-state index contributed by atoms with van der Waals surface area (Å²) in [6.45, 7) is 3.32. The van der Waals surface area contributed by atoms with E-state index in [0.29, 0.717) is 17.3 Å². The predicted octanol–water partition coefficient (Wildman–Crippen LogP) is 1.74. The quantitative estimate of drug-likeness (QED) is 0.913. The maximum atomic E-state index is 11.0. The molecule has 0 spiro atoms. The first-order chi connectivity index (χ1) is 8.00. The molecule has 2 rings (SSSR count). The van der Waals surface area contributed by atoms with E-state index < -0.39 is 5.97 Å². The van der Waals surface area contributed by atoms with Crippen LogP contribution in [0.15, 0.2) is 16.9 Å². The molecule has 0 aliphatic heterocycles. The zero-order valence-corrected chi connectivity index (χ0v) is 10.8. The van der Waals surface area contributed by atoms with Gasteiger partial charge in [-0.05, 0) is 29.8 Å². The van der Waals surface area contributed by atoms with Crippen LogP contribution in [0.4, 0.5) is 0 Å². The smallest absolute Gasteiger partial charge is 0.339 e. The lowest BCUT2D eigenvalue weighted by Crippen LogP contribution is -2.06. The second-order valence-electron chi connectivity index (χ2n) is 3.46. The summed E-state index contributed by atoms with van der Waals surface area (Å²) in [7, 11) is 0. The monoisotopic (exact) mass is 296 g/mol. The van der Waals surface area contributed by atoms with Crippen LogP contribution >= 0.6 is 15.9 Å². The molecule has 0 unspecified atom stereocenters. The van der Waals surface area contributed by atoms with E-state index in [1.54, 1.807) is 26.2 Å². The van der Waals surface area contributed by atoms with Crippen LogP contribution in [0.5, 0.6) is 0 Å². The number of carbonyl (C=O) groups is 1. The van der Waals surface area contributed by atoms with E-state index >= 15 is 0 Å². The molecule has 0 aliphatic rings. The normalized spacial score (nSPS) is 10.5. The van der Waals surface area contributed by atoms with Gasteiger partial charge in [0.05, 0.1) is 15.9 Å². The fourth-order valence-corrected chi connectivity index (χ4v) is 1.77. The van der Waals surface area contributed by atoms with Gasteiger partial charge in [0.1, 0.15) is 5.56 Å². The molecular weight excluding hydrogens is 288 g/mol. The van der Waals surface area contributed by atoms with E-state index in [-0.39, 0.29) is 5.56 Å². The minimum Gasteiger partial charge on any atom is -0.478 e. The highest BCUT2D eigenvalue weighted by Crippen LogP contribution is 2.16. The van der Waals surface area contributed by atoms with Crippen LogP contribution in [0, 0.1) is 13.8 Å². The fraction of sp³-hybridized carbons (Fsp3) is 0.200. The van der Waals surface area contributed by atoms with Crippen LogP contribution in [0.2, 0.25) is 0 Å². The number of nitrogens with zero attached hydrogens (tertiary/aromatic N) is 4. The van der Waals surface area contributed by atoms with Crippen LogP contribution in [0.3, 0.4) is 0 Å². The Hall–Kier alpha value is -1.76. The van der Waals surface area contributed by atoms with Gasteiger partial charge in [0.15, 0.2) is 0 Å². The zero-order chi connectivity index (χ0) is 12.6. The minimum absolute atomic E-state index is 0.191. The number of hydrogen-bond donors (Lipinski definition) is 1. The van der Waals surface area contributed by atoms with Crippen molar-refractivity contribution in [3.05, 3.63) is 33.8 Å². The number of rotatable bonds is 2. The molecule has 0 saturated heterocycles. The van der Waals surface area contributed by atoms with Gasteiger partial charge in [-0.25, -0.2) is 19.4 Å². The second kappa shape index (κ2) is 4.25. The molecule has 0 aliphatic carbocycles. The number of halogens is 1. The van der Waals surface area contributed by atoms with E-state index in [0.717, 1.165) is 4.47 Å². The third-order valence-corrected chi connectivity index (χ3v) is 2.71. The SMILES string of the molecule is Cc1nn(-c2ncc(Br)cn2)c(C)c1C(=O)O. The van der Waals surface area contributed by atoms with Crippen molar-refractivity contribution in [2.24, 2.45) is 0 Å². The Labute approximate surface area is 105 Å². The molecule has 0 fully saturated rings. The molecule has 0 amide bonds. The topological polar surface area (TPSA) is 80.9 Å². The number of carboxylic acid groups (broad SMARTS) is 1. The van der Waals surface area contributed by atoms with Crippen molar-refractivity contribution in [3.8, 4) is 5.95 Å². The van der Waals surface area contributed by atoms with Gasteiger partial charge in [-0.1, -0.05) is 0 Å². The average molecular weight is 297 g/mol. The lowest BCUT2D eigenvalue weighted by Gasteiger charge is -2.01. The summed E-state index contributed by atoms with van der Waals surface area (Å²) in [4.78, 5) is 19.2. The van der Waals surface area contributed by atoms with Crippen LogP contribution in [0.25, 0.3) is 5.95 Å². The van der Waals surface area contributed by atoms with E-state index in [9.17, 15) is 4.79 Å². The molecule has 0 bridgehead atoms. The number of hydrogen-bond acceptors (Lipinski definition) is 4. The molecule has 88 valence electrons. The molecule has 17 heavy (non-hydrogen) atoms. The number of carboxylic acids is 1. The Bertz CT molecular complexity index is 577. The van der Waals surface area contributed by atoms with Crippen molar-refractivity contribution >= 4 is 21.9 Å². The summed E-state index contributed by atoms with van der Waals surface area (Å²) in [5.41, 5.74) is 1.15. The van der Waals surface area contributed by atoms with Gasteiger partial charge in [0.2, 0.25) is 0 Å². The van der Waals surface area contributed by atoms with Crippen LogP contribution in [0.1, 0.15) is 21.7 Å². The molecular formula is C10H9BrN4O2. The Balaban J connectivity index is 2.57. The fourth-order valence-electron chi connectivity index (χ4n) is 1.56. The number of aromatic nitrogens is 4. The highest BCUT2D eigenvalue weighted by molar-refractivity contribution is 9.10.